The average Bonchev–Trinajstić information content (AvgIpc) is 2.52. The van der Waals surface area contributed by atoms with E-state index in [9.17, 15) is 9.59 Å². The van der Waals surface area contributed by atoms with Crippen LogP contribution in [0.3, 0.4) is 0 Å². The van der Waals surface area contributed by atoms with Gasteiger partial charge in [-0.3, -0.25) is 4.98 Å². The van der Waals surface area contributed by atoms with Crippen LogP contribution in [0.15, 0.2) is 24.5 Å². The Bertz CT molecular complexity index is 534. The molecule has 7 nitrogen and oxygen atoms in total. The number of carbonyl (C=O) groups excluding carboxylic acids is 2. The highest BCUT2D eigenvalue weighted by Gasteiger charge is 2.27. The third kappa shape index (κ3) is 5.43. The smallest absolute Gasteiger partial charge is 0.410 e. The molecule has 0 spiro atoms. The van der Waals surface area contributed by atoms with Gasteiger partial charge in [0.2, 0.25) is 0 Å². The minimum Gasteiger partial charge on any atom is -0.444 e. The van der Waals surface area contributed by atoms with Gasteiger partial charge in [0.25, 0.3) is 0 Å². The van der Waals surface area contributed by atoms with Crippen LogP contribution >= 0.6 is 0 Å². The maximum Gasteiger partial charge on any atom is 0.410 e. The Labute approximate surface area is 136 Å². The van der Waals surface area contributed by atoms with Crippen molar-refractivity contribution >= 4 is 12.1 Å². The average molecular weight is 320 g/mol. The highest BCUT2D eigenvalue weighted by molar-refractivity contribution is 5.75. The molecule has 3 amide bonds. The lowest BCUT2D eigenvalue weighted by Crippen LogP contribution is -2.53. The second-order valence-corrected chi connectivity index (χ2v) is 6.47. The third-order valence-electron chi connectivity index (χ3n) is 3.39. The molecule has 1 aromatic rings. The topological polar surface area (TPSA) is 74.8 Å². The summed E-state index contributed by atoms with van der Waals surface area (Å²) in [6, 6.07) is 3.62. The fraction of sp³-hybridized carbons (Fsp3) is 0.562. The van der Waals surface area contributed by atoms with Crippen LogP contribution in [0.25, 0.3) is 0 Å². The van der Waals surface area contributed by atoms with E-state index in [4.69, 9.17) is 4.74 Å². The molecule has 2 heterocycles. The van der Waals surface area contributed by atoms with Crippen molar-refractivity contribution in [1.29, 1.82) is 0 Å². The van der Waals surface area contributed by atoms with Crippen LogP contribution in [0, 0.1) is 0 Å². The molecule has 23 heavy (non-hydrogen) atoms. The molecule has 0 aliphatic carbocycles. The van der Waals surface area contributed by atoms with E-state index in [1.54, 1.807) is 22.2 Å². The number of hydrogen-bond acceptors (Lipinski definition) is 4. The molecule has 7 heteroatoms. The minimum atomic E-state index is -0.505. The van der Waals surface area contributed by atoms with Gasteiger partial charge in [-0.2, -0.15) is 0 Å². The molecule has 0 aromatic carbocycles. The Morgan fingerprint density at radius 3 is 2.43 bits per heavy atom. The van der Waals surface area contributed by atoms with Gasteiger partial charge < -0.3 is 19.9 Å². The predicted octanol–water partition coefficient (Wildman–Crippen LogP) is 1.84. The molecule has 1 aromatic heterocycles. The second kappa shape index (κ2) is 7.30. The van der Waals surface area contributed by atoms with E-state index < -0.39 is 5.60 Å². The van der Waals surface area contributed by atoms with Crippen molar-refractivity contribution in [2.75, 3.05) is 26.2 Å². The van der Waals surface area contributed by atoms with Crippen LogP contribution in [0.2, 0.25) is 0 Å². The van der Waals surface area contributed by atoms with Crippen molar-refractivity contribution in [2.24, 2.45) is 0 Å². The Morgan fingerprint density at radius 1 is 1.22 bits per heavy atom. The minimum absolute atomic E-state index is 0.127. The van der Waals surface area contributed by atoms with Crippen LogP contribution < -0.4 is 5.32 Å². The van der Waals surface area contributed by atoms with Crippen LogP contribution in [-0.4, -0.2) is 58.7 Å². The Hall–Kier alpha value is -2.31. The summed E-state index contributed by atoms with van der Waals surface area (Å²) in [6.45, 7) is 7.92. The molecule has 1 N–H and O–H groups in total. The Kier molecular flexibility index (Phi) is 5.41. The summed E-state index contributed by atoms with van der Waals surface area (Å²) in [4.78, 5) is 31.5. The number of nitrogens with one attached hydrogen (secondary N) is 1. The van der Waals surface area contributed by atoms with E-state index in [0.29, 0.717) is 32.7 Å². The first-order valence-corrected chi connectivity index (χ1v) is 7.75. The van der Waals surface area contributed by atoms with Crippen LogP contribution in [0.5, 0.6) is 0 Å². The van der Waals surface area contributed by atoms with E-state index in [0.717, 1.165) is 5.56 Å². The summed E-state index contributed by atoms with van der Waals surface area (Å²) in [5.74, 6) is 0. The lowest BCUT2D eigenvalue weighted by molar-refractivity contribution is 0.0170. The van der Waals surface area contributed by atoms with Gasteiger partial charge in [0.05, 0.1) is 0 Å². The maximum absolute atomic E-state index is 12.1. The van der Waals surface area contributed by atoms with Crippen LogP contribution in [0.4, 0.5) is 9.59 Å². The number of hydrogen-bond donors (Lipinski definition) is 1. The number of piperazine rings is 1. The van der Waals surface area contributed by atoms with E-state index in [2.05, 4.69) is 10.3 Å². The number of ether oxygens (including phenoxy) is 1. The Morgan fingerprint density at radius 2 is 1.87 bits per heavy atom. The lowest BCUT2D eigenvalue weighted by Gasteiger charge is -2.35. The summed E-state index contributed by atoms with van der Waals surface area (Å²) in [6.07, 6.45) is 3.09. The SMILES string of the molecule is CC(C)(C)OC(=O)N1CCN(C(=O)NCc2cccnc2)CC1. The van der Waals surface area contributed by atoms with E-state index >= 15 is 0 Å². The van der Waals surface area contributed by atoms with Gasteiger partial charge in [0.15, 0.2) is 0 Å². The fourth-order valence-electron chi connectivity index (χ4n) is 2.21. The van der Waals surface area contributed by atoms with Crippen molar-refractivity contribution in [1.82, 2.24) is 20.1 Å². The van der Waals surface area contributed by atoms with Gasteiger partial charge in [0.1, 0.15) is 5.60 Å². The van der Waals surface area contributed by atoms with Gasteiger partial charge in [-0.05, 0) is 32.4 Å². The summed E-state index contributed by atoms with van der Waals surface area (Å²) >= 11 is 0. The first-order valence-electron chi connectivity index (χ1n) is 7.75. The van der Waals surface area contributed by atoms with Gasteiger partial charge >= 0.3 is 12.1 Å². The molecule has 0 saturated carbocycles. The number of pyridine rings is 1. The molecule has 1 aliphatic rings. The van der Waals surface area contributed by atoms with Crippen molar-refractivity contribution in [3.63, 3.8) is 0 Å². The van der Waals surface area contributed by atoms with Crippen molar-refractivity contribution < 1.29 is 14.3 Å². The molecule has 126 valence electrons. The van der Waals surface area contributed by atoms with Gasteiger partial charge in [-0.1, -0.05) is 6.07 Å². The van der Waals surface area contributed by atoms with Crippen molar-refractivity contribution in [3.8, 4) is 0 Å². The maximum atomic E-state index is 12.1. The van der Waals surface area contributed by atoms with Crippen molar-refractivity contribution in [2.45, 2.75) is 32.9 Å². The first-order chi connectivity index (χ1) is 10.8. The number of carbonyl (C=O) groups is 2. The standard InChI is InChI=1S/C16H24N4O3/c1-16(2,3)23-15(22)20-9-7-19(8-10-20)14(21)18-12-13-5-4-6-17-11-13/h4-6,11H,7-10,12H2,1-3H3,(H,18,21). The molecule has 2 rings (SSSR count). The summed E-state index contributed by atoms with van der Waals surface area (Å²) in [5, 5.41) is 2.86. The van der Waals surface area contributed by atoms with E-state index in [1.807, 2.05) is 32.9 Å². The normalized spacial score (nSPS) is 15.3. The molecular weight excluding hydrogens is 296 g/mol. The molecule has 0 radical (unpaired) electrons. The lowest BCUT2D eigenvalue weighted by atomic mass is 10.2. The molecule has 0 unspecified atom stereocenters. The molecule has 1 fully saturated rings. The number of rotatable bonds is 2. The summed E-state index contributed by atoms with van der Waals surface area (Å²) < 4.78 is 5.34. The Balaban J connectivity index is 1.75. The van der Waals surface area contributed by atoms with Gasteiger partial charge in [-0.15, -0.1) is 0 Å². The third-order valence-corrected chi connectivity index (χ3v) is 3.39. The number of amides is 3. The molecule has 1 saturated heterocycles. The van der Waals surface area contributed by atoms with Gasteiger partial charge in [-0.25, -0.2) is 9.59 Å². The molecular formula is C16H24N4O3. The number of urea groups is 1. The number of aromatic nitrogens is 1. The second-order valence-electron chi connectivity index (χ2n) is 6.47. The zero-order valence-corrected chi connectivity index (χ0v) is 13.9. The largest absolute Gasteiger partial charge is 0.444 e. The molecule has 1 aliphatic heterocycles. The molecule has 0 bridgehead atoms. The monoisotopic (exact) mass is 320 g/mol. The highest BCUT2D eigenvalue weighted by Crippen LogP contribution is 2.12. The summed E-state index contributed by atoms with van der Waals surface area (Å²) in [7, 11) is 0. The highest BCUT2D eigenvalue weighted by atomic mass is 16.6. The van der Waals surface area contributed by atoms with Crippen molar-refractivity contribution in [3.05, 3.63) is 30.1 Å². The number of nitrogens with zero attached hydrogens (tertiary/aromatic N) is 3. The predicted molar refractivity (Wildman–Crippen MR) is 85.9 cm³/mol. The van der Waals surface area contributed by atoms with Crippen LogP contribution in [0.1, 0.15) is 26.3 Å². The quantitative estimate of drug-likeness (QED) is 0.902. The van der Waals surface area contributed by atoms with Gasteiger partial charge in [0, 0.05) is 45.1 Å². The zero-order chi connectivity index (χ0) is 16.9. The zero-order valence-electron chi connectivity index (χ0n) is 13.9. The fourth-order valence-corrected chi connectivity index (χ4v) is 2.21. The summed E-state index contributed by atoms with van der Waals surface area (Å²) in [5.41, 5.74) is 0.447. The van der Waals surface area contributed by atoms with Crippen LogP contribution in [-0.2, 0) is 11.3 Å². The molecule has 0 atom stereocenters. The first kappa shape index (κ1) is 17.1. The van der Waals surface area contributed by atoms with E-state index in [-0.39, 0.29) is 12.1 Å². The van der Waals surface area contributed by atoms with E-state index in [1.165, 1.54) is 0 Å².